The van der Waals surface area contributed by atoms with Crippen LogP contribution in [-0.4, -0.2) is 26.9 Å². The number of nitrogens with zero attached hydrogens (tertiary/aromatic N) is 1. The largest absolute Gasteiger partial charge is 0.338 e. The number of para-hydroxylation sites is 2. The number of hydrogen-bond donors (Lipinski definition) is 2. The van der Waals surface area contributed by atoms with Gasteiger partial charge in [-0.1, -0.05) is 38.1 Å². The van der Waals surface area contributed by atoms with Gasteiger partial charge >= 0.3 is 0 Å². The third kappa shape index (κ3) is 3.93. The number of nitrogens with one attached hydrogen (secondary N) is 2. The van der Waals surface area contributed by atoms with Crippen LogP contribution in [0.15, 0.2) is 48.5 Å². The van der Waals surface area contributed by atoms with E-state index in [1.807, 2.05) is 48.5 Å². The minimum Gasteiger partial charge on any atom is -0.338 e. The number of fused-ring (bicyclic) bond motifs is 1. The highest BCUT2D eigenvalue weighted by Gasteiger charge is 2.08. The van der Waals surface area contributed by atoms with E-state index in [1.54, 1.807) is 11.8 Å². The quantitative estimate of drug-likeness (QED) is 0.735. The van der Waals surface area contributed by atoms with Gasteiger partial charge in [-0.25, -0.2) is 4.98 Å². The Bertz CT molecular complexity index is 793. The number of thioether (sulfide) groups is 1. The van der Waals surface area contributed by atoms with E-state index >= 15 is 0 Å². The number of anilines is 1. The first-order valence-corrected chi connectivity index (χ1v) is 8.63. The van der Waals surface area contributed by atoms with Crippen molar-refractivity contribution >= 4 is 34.4 Å². The minimum atomic E-state index is 0.0189. The molecule has 0 aliphatic heterocycles. The van der Waals surface area contributed by atoms with Crippen LogP contribution in [0.1, 0.15) is 13.8 Å². The van der Waals surface area contributed by atoms with Gasteiger partial charge < -0.3 is 10.3 Å². The van der Waals surface area contributed by atoms with Gasteiger partial charge in [-0.05, 0) is 29.5 Å². The fraction of sp³-hybridized carbons (Fsp3) is 0.222. The number of hydrogen-bond acceptors (Lipinski definition) is 3. The fourth-order valence-corrected chi connectivity index (χ4v) is 2.83. The van der Waals surface area contributed by atoms with Crippen molar-refractivity contribution in [3.05, 3.63) is 48.5 Å². The SMILES string of the molecule is CC(C)SCC(=O)Nc1cccc(-c2nc3ccccc3[nH]2)c1. The van der Waals surface area contributed by atoms with E-state index in [0.717, 1.165) is 28.1 Å². The van der Waals surface area contributed by atoms with Crippen LogP contribution in [0.3, 0.4) is 0 Å². The van der Waals surface area contributed by atoms with Gasteiger partial charge in [-0.15, -0.1) is 11.8 Å². The van der Waals surface area contributed by atoms with Gasteiger partial charge in [-0.2, -0.15) is 0 Å². The number of H-pyrrole nitrogens is 1. The zero-order chi connectivity index (χ0) is 16.2. The van der Waals surface area contributed by atoms with E-state index in [-0.39, 0.29) is 5.91 Å². The zero-order valence-corrected chi connectivity index (χ0v) is 14.0. The fourth-order valence-electron chi connectivity index (χ4n) is 2.27. The Labute approximate surface area is 139 Å². The van der Waals surface area contributed by atoms with E-state index in [0.29, 0.717) is 11.0 Å². The third-order valence-corrected chi connectivity index (χ3v) is 4.45. The van der Waals surface area contributed by atoms with Gasteiger partial charge in [0.1, 0.15) is 5.82 Å². The maximum atomic E-state index is 12.0. The third-order valence-electron chi connectivity index (χ3n) is 3.36. The maximum Gasteiger partial charge on any atom is 0.234 e. The average molecular weight is 325 g/mol. The normalized spacial score (nSPS) is 11.1. The molecule has 0 atom stereocenters. The lowest BCUT2D eigenvalue weighted by Gasteiger charge is -2.07. The number of carbonyl (C=O) groups excluding carboxylic acids is 1. The van der Waals surface area contributed by atoms with Gasteiger partial charge in [0.05, 0.1) is 16.8 Å². The van der Waals surface area contributed by atoms with Gasteiger partial charge in [0.25, 0.3) is 0 Å². The summed E-state index contributed by atoms with van der Waals surface area (Å²) in [4.78, 5) is 19.8. The van der Waals surface area contributed by atoms with Crippen LogP contribution in [0.4, 0.5) is 5.69 Å². The molecular weight excluding hydrogens is 306 g/mol. The van der Waals surface area contributed by atoms with Crippen LogP contribution >= 0.6 is 11.8 Å². The molecule has 4 nitrogen and oxygen atoms in total. The molecule has 5 heteroatoms. The summed E-state index contributed by atoms with van der Waals surface area (Å²) in [7, 11) is 0. The number of imidazole rings is 1. The number of aromatic nitrogens is 2. The Morgan fingerprint density at radius 3 is 2.83 bits per heavy atom. The molecule has 1 heterocycles. The summed E-state index contributed by atoms with van der Waals surface area (Å²) < 4.78 is 0. The van der Waals surface area contributed by atoms with Gasteiger partial charge in [0, 0.05) is 11.3 Å². The Balaban J connectivity index is 1.78. The predicted molar refractivity (Wildman–Crippen MR) is 97.8 cm³/mol. The molecule has 23 heavy (non-hydrogen) atoms. The molecule has 0 radical (unpaired) electrons. The van der Waals surface area contributed by atoms with E-state index < -0.39 is 0 Å². The number of benzene rings is 2. The number of rotatable bonds is 5. The summed E-state index contributed by atoms with van der Waals surface area (Å²) in [6, 6.07) is 15.7. The van der Waals surface area contributed by atoms with Crippen LogP contribution in [0.5, 0.6) is 0 Å². The molecule has 3 aromatic rings. The summed E-state index contributed by atoms with van der Waals surface area (Å²) in [5, 5.41) is 3.39. The first-order chi connectivity index (χ1) is 11.1. The monoisotopic (exact) mass is 325 g/mol. The highest BCUT2D eigenvalue weighted by atomic mass is 32.2. The van der Waals surface area contributed by atoms with Crippen LogP contribution in [0.2, 0.25) is 0 Å². The summed E-state index contributed by atoms with van der Waals surface area (Å²) >= 11 is 1.63. The number of aromatic amines is 1. The molecule has 1 amide bonds. The number of amides is 1. The van der Waals surface area contributed by atoms with Crippen LogP contribution in [-0.2, 0) is 4.79 Å². The summed E-state index contributed by atoms with van der Waals surface area (Å²) in [5.74, 6) is 1.29. The maximum absolute atomic E-state index is 12.0. The van der Waals surface area contributed by atoms with Gasteiger partial charge in [-0.3, -0.25) is 4.79 Å². The molecule has 0 saturated carbocycles. The molecule has 0 spiro atoms. The molecule has 0 unspecified atom stereocenters. The van der Waals surface area contributed by atoms with Crippen molar-refractivity contribution < 1.29 is 4.79 Å². The zero-order valence-electron chi connectivity index (χ0n) is 13.2. The lowest BCUT2D eigenvalue weighted by Crippen LogP contribution is -2.15. The Kier molecular flexibility index (Phi) is 4.67. The van der Waals surface area contributed by atoms with Crippen LogP contribution in [0, 0.1) is 0 Å². The number of carbonyl (C=O) groups is 1. The summed E-state index contributed by atoms with van der Waals surface area (Å²) in [6.07, 6.45) is 0. The highest BCUT2D eigenvalue weighted by molar-refractivity contribution is 8.00. The predicted octanol–water partition coefficient (Wildman–Crippen LogP) is 4.31. The molecule has 1 aromatic heterocycles. The second kappa shape index (κ2) is 6.87. The van der Waals surface area contributed by atoms with Gasteiger partial charge in [0.2, 0.25) is 5.91 Å². The van der Waals surface area contributed by atoms with Crippen molar-refractivity contribution in [2.75, 3.05) is 11.1 Å². The lowest BCUT2D eigenvalue weighted by atomic mass is 10.2. The molecule has 118 valence electrons. The van der Waals surface area contributed by atoms with Crippen molar-refractivity contribution in [1.29, 1.82) is 0 Å². The smallest absolute Gasteiger partial charge is 0.234 e. The molecule has 3 rings (SSSR count). The first kappa shape index (κ1) is 15.6. The average Bonchev–Trinajstić information content (AvgIpc) is 2.97. The summed E-state index contributed by atoms with van der Waals surface area (Å²) in [6.45, 7) is 4.17. The molecule has 0 fully saturated rings. The first-order valence-electron chi connectivity index (χ1n) is 7.58. The Hall–Kier alpha value is -2.27. The lowest BCUT2D eigenvalue weighted by molar-refractivity contribution is -0.113. The van der Waals surface area contributed by atoms with Crippen molar-refractivity contribution in [2.45, 2.75) is 19.1 Å². The van der Waals surface area contributed by atoms with E-state index in [2.05, 4.69) is 29.1 Å². The van der Waals surface area contributed by atoms with Crippen molar-refractivity contribution in [3.8, 4) is 11.4 Å². The molecule has 0 aliphatic rings. The van der Waals surface area contributed by atoms with E-state index in [4.69, 9.17) is 0 Å². The Morgan fingerprint density at radius 2 is 2.04 bits per heavy atom. The van der Waals surface area contributed by atoms with E-state index in [9.17, 15) is 4.79 Å². The molecule has 0 aliphatic carbocycles. The molecule has 2 N–H and O–H groups in total. The topological polar surface area (TPSA) is 57.8 Å². The van der Waals surface area contributed by atoms with Crippen LogP contribution < -0.4 is 5.32 Å². The van der Waals surface area contributed by atoms with Crippen molar-refractivity contribution in [1.82, 2.24) is 9.97 Å². The van der Waals surface area contributed by atoms with Crippen molar-refractivity contribution in [2.24, 2.45) is 0 Å². The standard InChI is InChI=1S/C18H19N3OS/c1-12(2)23-11-17(22)19-14-7-5-6-13(10-14)18-20-15-8-3-4-9-16(15)21-18/h3-10,12H,11H2,1-2H3,(H,19,22)(H,20,21). The summed E-state index contributed by atoms with van der Waals surface area (Å²) in [5.41, 5.74) is 3.68. The molecule has 0 bridgehead atoms. The second-order valence-electron chi connectivity index (χ2n) is 5.59. The molecule has 0 saturated heterocycles. The van der Waals surface area contributed by atoms with Gasteiger partial charge in [0.15, 0.2) is 0 Å². The molecule has 2 aromatic carbocycles. The van der Waals surface area contributed by atoms with Crippen molar-refractivity contribution in [3.63, 3.8) is 0 Å². The minimum absolute atomic E-state index is 0.0189. The van der Waals surface area contributed by atoms with E-state index in [1.165, 1.54) is 0 Å². The van der Waals surface area contributed by atoms with Crippen LogP contribution in [0.25, 0.3) is 22.4 Å². The molecular formula is C18H19N3OS. The Morgan fingerprint density at radius 1 is 1.22 bits per heavy atom. The highest BCUT2D eigenvalue weighted by Crippen LogP contribution is 2.23. The second-order valence-corrected chi connectivity index (χ2v) is 7.16.